The first kappa shape index (κ1) is 12.3. The van der Waals surface area contributed by atoms with Gasteiger partial charge in [0.15, 0.2) is 0 Å². The van der Waals surface area contributed by atoms with Crippen LogP contribution in [0.15, 0.2) is 0 Å². The molecule has 0 aliphatic heterocycles. The van der Waals surface area contributed by atoms with Crippen molar-refractivity contribution in [2.24, 2.45) is 5.92 Å². The standard InChI is InChI=1S/C6H16BO4P/c1-10-4-6(2-3-7)5-11-12(8)9/h6,8-9H,2-5,7H2,1H3. The van der Waals surface area contributed by atoms with Gasteiger partial charge in [-0.05, 0) is 0 Å². The van der Waals surface area contributed by atoms with Gasteiger partial charge < -0.3 is 19.0 Å². The van der Waals surface area contributed by atoms with E-state index in [2.05, 4.69) is 7.85 Å². The van der Waals surface area contributed by atoms with Crippen molar-refractivity contribution in [1.82, 2.24) is 0 Å². The fourth-order valence-corrected chi connectivity index (χ4v) is 1.37. The molecule has 2 N–H and O–H groups in total. The molecular weight excluding hydrogens is 178 g/mol. The smallest absolute Gasteiger partial charge is 0.327 e. The number of ether oxygens (including phenoxy) is 1. The maximum Gasteiger partial charge on any atom is 0.327 e. The number of hydrogen-bond acceptors (Lipinski definition) is 4. The van der Waals surface area contributed by atoms with Crippen molar-refractivity contribution >= 4 is 16.4 Å². The molecule has 0 aromatic carbocycles. The molecule has 1 unspecified atom stereocenters. The molecule has 0 rings (SSSR count). The number of methoxy groups -OCH3 is 1. The quantitative estimate of drug-likeness (QED) is 0.439. The predicted octanol–water partition coefficient (Wildman–Crippen LogP) is -0.0814. The van der Waals surface area contributed by atoms with Crippen LogP contribution in [-0.4, -0.2) is 38.0 Å². The Hall–Kier alpha value is 0.335. The zero-order valence-electron chi connectivity index (χ0n) is 7.56. The fourth-order valence-electron chi connectivity index (χ4n) is 1.03. The Bertz CT molecular complexity index is 97.5. The molecule has 6 heteroatoms. The molecule has 0 radical (unpaired) electrons. The number of rotatable bonds is 7. The monoisotopic (exact) mass is 194 g/mol. The SMILES string of the molecule is BCCC(COC)COP(O)O. The first-order valence-corrected chi connectivity index (χ1v) is 5.17. The average Bonchev–Trinajstić information content (AvgIpc) is 2.01. The zero-order valence-corrected chi connectivity index (χ0v) is 8.46. The van der Waals surface area contributed by atoms with Gasteiger partial charge in [-0.15, -0.1) is 0 Å². The van der Waals surface area contributed by atoms with E-state index in [-0.39, 0.29) is 5.92 Å². The minimum absolute atomic E-state index is 0.268. The second kappa shape index (κ2) is 7.96. The molecule has 0 bridgehead atoms. The van der Waals surface area contributed by atoms with Gasteiger partial charge in [0, 0.05) is 13.0 Å². The summed E-state index contributed by atoms with van der Waals surface area (Å²) in [6.07, 6.45) is 2.03. The minimum atomic E-state index is -2.21. The lowest BCUT2D eigenvalue weighted by Gasteiger charge is -2.14. The highest BCUT2D eigenvalue weighted by atomic mass is 31.2. The van der Waals surface area contributed by atoms with Gasteiger partial charge in [0.1, 0.15) is 7.85 Å². The van der Waals surface area contributed by atoms with Crippen LogP contribution in [0.5, 0.6) is 0 Å². The topological polar surface area (TPSA) is 58.9 Å². The first-order chi connectivity index (χ1) is 5.70. The summed E-state index contributed by atoms with van der Waals surface area (Å²) in [5, 5.41) is 0. The third kappa shape index (κ3) is 7.01. The van der Waals surface area contributed by atoms with Crippen LogP contribution < -0.4 is 0 Å². The van der Waals surface area contributed by atoms with Crippen molar-refractivity contribution in [2.45, 2.75) is 12.7 Å². The van der Waals surface area contributed by atoms with E-state index in [4.69, 9.17) is 19.0 Å². The van der Waals surface area contributed by atoms with Crippen LogP contribution in [0.4, 0.5) is 0 Å². The van der Waals surface area contributed by atoms with Crippen molar-refractivity contribution in [1.29, 1.82) is 0 Å². The molecule has 0 amide bonds. The molecule has 1 atom stereocenters. The second-order valence-electron chi connectivity index (χ2n) is 2.66. The van der Waals surface area contributed by atoms with Gasteiger partial charge in [-0.3, -0.25) is 0 Å². The van der Waals surface area contributed by atoms with Crippen LogP contribution in [0.25, 0.3) is 0 Å². The molecule has 0 aromatic rings. The van der Waals surface area contributed by atoms with Gasteiger partial charge >= 0.3 is 8.60 Å². The van der Waals surface area contributed by atoms with Crippen molar-refractivity contribution in [2.75, 3.05) is 20.3 Å². The van der Waals surface area contributed by atoms with Gasteiger partial charge in [0.2, 0.25) is 0 Å². The van der Waals surface area contributed by atoms with Crippen LogP contribution >= 0.6 is 8.60 Å². The normalized spacial score (nSPS) is 13.7. The highest BCUT2D eigenvalue weighted by Gasteiger charge is 2.10. The highest BCUT2D eigenvalue weighted by Crippen LogP contribution is 2.26. The molecule has 4 nitrogen and oxygen atoms in total. The maximum atomic E-state index is 8.50. The summed E-state index contributed by atoms with van der Waals surface area (Å²) in [4.78, 5) is 17.0. The van der Waals surface area contributed by atoms with Gasteiger partial charge in [-0.25, -0.2) is 0 Å². The molecule has 0 heterocycles. The summed E-state index contributed by atoms with van der Waals surface area (Å²) in [7, 11) is 1.49. The van der Waals surface area contributed by atoms with Crippen LogP contribution in [0.1, 0.15) is 6.42 Å². The second-order valence-corrected chi connectivity index (χ2v) is 3.42. The maximum absolute atomic E-state index is 8.50. The van der Waals surface area contributed by atoms with E-state index in [1.807, 2.05) is 0 Å². The third-order valence-corrected chi connectivity index (χ3v) is 1.91. The van der Waals surface area contributed by atoms with Gasteiger partial charge in [0.25, 0.3) is 0 Å². The van der Waals surface area contributed by atoms with Crippen LogP contribution in [-0.2, 0) is 9.26 Å². The first-order valence-electron chi connectivity index (χ1n) is 4.00. The molecule has 0 aliphatic carbocycles. The lowest BCUT2D eigenvalue weighted by molar-refractivity contribution is 0.110. The van der Waals surface area contributed by atoms with Gasteiger partial charge in [0.05, 0.1) is 13.2 Å². The Balaban J connectivity index is 3.48. The van der Waals surface area contributed by atoms with Crippen LogP contribution in [0.2, 0.25) is 6.32 Å². The lowest BCUT2D eigenvalue weighted by atomic mass is 9.94. The van der Waals surface area contributed by atoms with Gasteiger partial charge in [-0.2, -0.15) is 0 Å². The molecule has 0 aromatic heterocycles. The van der Waals surface area contributed by atoms with E-state index in [1.54, 1.807) is 7.11 Å². The number of hydrogen-bond donors (Lipinski definition) is 2. The summed E-state index contributed by atoms with van der Waals surface area (Å²) in [5.74, 6) is 0.268. The van der Waals surface area contributed by atoms with Gasteiger partial charge in [-0.1, -0.05) is 12.7 Å². The predicted molar refractivity (Wildman–Crippen MR) is 50.6 cm³/mol. The summed E-state index contributed by atoms with van der Waals surface area (Å²) < 4.78 is 9.66. The van der Waals surface area contributed by atoms with Crippen LogP contribution in [0.3, 0.4) is 0 Å². The average molecular weight is 194 g/mol. The largest absolute Gasteiger partial charge is 0.384 e. The van der Waals surface area contributed by atoms with E-state index < -0.39 is 8.60 Å². The third-order valence-electron chi connectivity index (χ3n) is 1.53. The fraction of sp³-hybridized carbons (Fsp3) is 1.00. The van der Waals surface area contributed by atoms with E-state index in [1.165, 1.54) is 0 Å². The Kier molecular flexibility index (Phi) is 8.18. The molecule has 0 aliphatic rings. The molecule has 0 spiro atoms. The summed E-state index contributed by atoms with van der Waals surface area (Å²) in [5.41, 5.74) is 0. The molecule has 0 saturated heterocycles. The van der Waals surface area contributed by atoms with E-state index in [0.717, 1.165) is 12.7 Å². The van der Waals surface area contributed by atoms with Crippen molar-refractivity contribution < 1.29 is 19.0 Å². The zero-order chi connectivity index (χ0) is 9.40. The Morgan fingerprint density at radius 2 is 2.08 bits per heavy atom. The summed E-state index contributed by atoms with van der Waals surface area (Å²) in [6, 6.07) is 0. The van der Waals surface area contributed by atoms with E-state index >= 15 is 0 Å². The molecule has 0 fully saturated rings. The summed E-state index contributed by atoms with van der Waals surface area (Å²) >= 11 is 0. The molecule has 0 saturated carbocycles. The minimum Gasteiger partial charge on any atom is -0.384 e. The summed E-state index contributed by atoms with van der Waals surface area (Å²) in [6.45, 7) is 0.970. The van der Waals surface area contributed by atoms with E-state index in [9.17, 15) is 0 Å². The lowest BCUT2D eigenvalue weighted by Crippen LogP contribution is -2.14. The highest BCUT2D eigenvalue weighted by molar-refractivity contribution is 7.39. The Morgan fingerprint density at radius 1 is 1.42 bits per heavy atom. The molecule has 72 valence electrons. The van der Waals surface area contributed by atoms with Crippen molar-refractivity contribution in [3.05, 3.63) is 0 Å². The molecular formula is C6H16BO4P. The van der Waals surface area contributed by atoms with E-state index in [0.29, 0.717) is 13.2 Å². The Labute approximate surface area is 75.3 Å². The van der Waals surface area contributed by atoms with Crippen molar-refractivity contribution in [3.8, 4) is 0 Å². The van der Waals surface area contributed by atoms with Crippen LogP contribution in [0, 0.1) is 5.92 Å². The van der Waals surface area contributed by atoms with Crippen molar-refractivity contribution in [3.63, 3.8) is 0 Å². The Morgan fingerprint density at radius 3 is 2.50 bits per heavy atom. The molecule has 12 heavy (non-hydrogen) atoms.